The Morgan fingerprint density at radius 2 is 0.561 bits per heavy atom. The molecule has 6 heterocycles. The van der Waals surface area contributed by atoms with E-state index < -0.39 is 0 Å². The fraction of sp³-hybridized carbons (Fsp3) is 0.111. The number of benzene rings is 6. The maximum atomic E-state index is 12.6. The van der Waals surface area contributed by atoms with Crippen molar-refractivity contribution in [2.24, 2.45) is 0 Å². The van der Waals surface area contributed by atoms with Gasteiger partial charge in [0.05, 0.1) is 66.3 Å². The van der Waals surface area contributed by atoms with Crippen LogP contribution in [-0.4, -0.2) is 44.3 Å². The van der Waals surface area contributed by atoms with Crippen LogP contribution in [0.1, 0.15) is 33.4 Å². The molecule has 12 aromatic rings. The molecule has 12 heteroatoms. The molecule has 66 heavy (non-hydrogen) atoms. The highest BCUT2D eigenvalue weighted by Gasteiger charge is 2.15. The normalized spacial score (nSPS) is 11.4. The lowest BCUT2D eigenvalue weighted by molar-refractivity contribution is 0.864. The number of H-pyrrole nitrogens is 3. The van der Waals surface area contributed by atoms with E-state index in [1.165, 1.54) is 0 Å². The first-order valence-electron chi connectivity index (χ1n) is 21.6. The second-order valence-corrected chi connectivity index (χ2v) is 17.0. The van der Waals surface area contributed by atoms with Gasteiger partial charge in [-0.3, -0.25) is 44.6 Å². The highest BCUT2D eigenvalue weighted by Crippen LogP contribution is 2.25. The number of pyridine rings is 3. The molecule has 0 radical (unpaired) electrons. The molecular weight excluding hydrogens is 823 g/mol. The second kappa shape index (κ2) is 16.5. The highest BCUT2D eigenvalue weighted by atomic mass is 16.1. The van der Waals surface area contributed by atoms with Crippen LogP contribution in [0.25, 0.3) is 82.5 Å². The Morgan fingerprint density at radius 3 is 0.818 bits per heavy atom. The monoisotopic (exact) mass is 867 g/mol. The van der Waals surface area contributed by atoms with Crippen LogP contribution in [0.4, 0.5) is 0 Å². The van der Waals surface area contributed by atoms with Crippen molar-refractivity contribution >= 4 is 65.4 Å². The standard InChI is InChI=1S/3C18H15N3O/c3*1-11-3-6-13(7-4-11)21-18(22)15-10-19-16-9-12(2)5-8-14(16)17(15)20-21/h3*3-10,20H,1-2H3. The Kier molecular flexibility index (Phi) is 10.3. The molecule has 0 aliphatic heterocycles. The molecule has 0 saturated heterocycles. The summed E-state index contributed by atoms with van der Waals surface area (Å²) in [5.41, 5.74) is 14.4. The summed E-state index contributed by atoms with van der Waals surface area (Å²) >= 11 is 0. The molecule has 324 valence electrons. The van der Waals surface area contributed by atoms with E-state index in [1.807, 2.05) is 169 Å². The molecule has 0 bridgehead atoms. The Morgan fingerprint density at radius 1 is 0.318 bits per heavy atom. The third-order valence-corrected chi connectivity index (χ3v) is 11.9. The molecule has 0 aliphatic carbocycles. The fourth-order valence-electron chi connectivity index (χ4n) is 8.23. The van der Waals surface area contributed by atoms with Gasteiger partial charge < -0.3 is 0 Å². The van der Waals surface area contributed by atoms with Crippen molar-refractivity contribution in [1.29, 1.82) is 0 Å². The molecule has 0 aliphatic rings. The molecule has 3 N–H and O–H groups in total. The Labute approximate surface area is 377 Å². The van der Waals surface area contributed by atoms with E-state index in [-0.39, 0.29) is 16.7 Å². The summed E-state index contributed by atoms with van der Waals surface area (Å²) in [5, 5.41) is 14.4. The van der Waals surface area contributed by atoms with E-state index >= 15 is 0 Å². The zero-order valence-corrected chi connectivity index (χ0v) is 37.3. The van der Waals surface area contributed by atoms with Crippen LogP contribution >= 0.6 is 0 Å². The summed E-state index contributed by atoms with van der Waals surface area (Å²) in [7, 11) is 0. The predicted molar refractivity (Wildman–Crippen MR) is 266 cm³/mol. The predicted octanol–water partition coefficient (Wildman–Crippen LogP) is 10.5. The van der Waals surface area contributed by atoms with Gasteiger partial charge in [-0.2, -0.15) is 0 Å². The number of aromatic nitrogens is 9. The van der Waals surface area contributed by atoms with Gasteiger partial charge in [-0.25, -0.2) is 14.0 Å². The fourth-order valence-corrected chi connectivity index (χ4v) is 8.23. The minimum atomic E-state index is -0.0752. The van der Waals surface area contributed by atoms with Gasteiger partial charge in [0.2, 0.25) is 0 Å². The lowest BCUT2D eigenvalue weighted by Crippen LogP contribution is -2.14. The molecule has 6 aromatic heterocycles. The van der Waals surface area contributed by atoms with Crippen LogP contribution in [-0.2, 0) is 0 Å². The highest BCUT2D eigenvalue weighted by molar-refractivity contribution is 6.04. The first kappa shape index (κ1) is 41.4. The maximum absolute atomic E-state index is 12.6. The van der Waals surface area contributed by atoms with Crippen LogP contribution in [0.2, 0.25) is 0 Å². The van der Waals surface area contributed by atoms with E-state index in [0.29, 0.717) is 16.2 Å². The number of hydrogen-bond donors (Lipinski definition) is 3. The van der Waals surface area contributed by atoms with Gasteiger partial charge >= 0.3 is 0 Å². The zero-order valence-electron chi connectivity index (χ0n) is 37.3. The Balaban J connectivity index is 0.000000116. The van der Waals surface area contributed by atoms with E-state index in [9.17, 15) is 14.4 Å². The Hall–Kier alpha value is -8.64. The van der Waals surface area contributed by atoms with Gasteiger partial charge in [-0.1, -0.05) is 89.5 Å². The van der Waals surface area contributed by atoms with E-state index in [2.05, 4.69) is 30.2 Å². The summed E-state index contributed by atoms with van der Waals surface area (Å²) in [5.74, 6) is 0. The molecule has 0 spiro atoms. The largest absolute Gasteiger partial charge is 0.290 e. The minimum absolute atomic E-state index is 0.0752. The quantitative estimate of drug-likeness (QED) is 0.161. The molecule has 12 nitrogen and oxygen atoms in total. The number of rotatable bonds is 3. The average molecular weight is 868 g/mol. The SMILES string of the molecule is Cc1ccc(-n2[nH]c3c(cnc4cc(C)ccc43)c2=O)cc1.Cc1ccc(-n2[nH]c3c(cnc4cc(C)ccc43)c2=O)cc1.Cc1ccc(-n2[nH]c3c(cnc4cc(C)ccc43)c2=O)cc1. The van der Waals surface area contributed by atoms with Crippen molar-refractivity contribution in [3.8, 4) is 17.1 Å². The van der Waals surface area contributed by atoms with Crippen molar-refractivity contribution in [3.05, 3.63) is 210 Å². The van der Waals surface area contributed by atoms with Crippen LogP contribution < -0.4 is 16.7 Å². The van der Waals surface area contributed by atoms with Gasteiger partial charge in [0, 0.05) is 34.7 Å². The summed E-state index contributed by atoms with van der Waals surface area (Å²) in [6.07, 6.45) is 4.96. The summed E-state index contributed by atoms with van der Waals surface area (Å²) < 4.78 is 4.72. The lowest BCUT2D eigenvalue weighted by atomic mass is 10.1. The first-order valence-corrected chi connectivity index (χ1v) is 21.6. The topological polar surface area (TPSA) is 152 Å². The number of nitrogens with one attached hydrogen (secondary N) is 3. The van der Waals surface area contributed by atoms with Crippen LogP contribution in [0, 0.1) is 41.5 Å². The maximum Gasteiger partial charge on any atom is 0.280 e. The average Bonchev–Trinajstić information content (AvgIpc) is 3.97. The van der Waals surface area contributed by atoms with Gasteiger partial charge in [0.15, 0.2) is 0 Å². The zero-order chi connectivity index (χ0) is 45.8. The third kappa shape index (κ3) is 7.53. The molecule has 0 amide bonds. The number of aromatic amines is 3. The molecule has 0 unspecified atom stereocenters. The summed E-state index contributed by atoms with van der Waals surface area (Å²) in [4.78, 5) is 51.1. The van der Waals surface area contributed by atoms with Crippen molar-refractivity contribution in [2.75, 3.05) is 0 Å². The molecule has 0 fully saturated rings. The van der Waals surface area contributed by atoms with Crippen LogP contribution in [0.15, 0.2) is 160 Å². The van der Waals surface area contributed by atoms with E-state index in [4.69, 9.17) is 0 Å². The van der Waals surface area contributed by atoms with Crippen LogP contribution in [0.5, 0.6) is 0 Å². The van der Waals surface area contributed by atoms with Gasteiger partial charge in [0.25, 0.3) is 16.7 Å². The second-order valence-electron chi connectivity index (χ2n) is 17.0. The van der Waals surface area contributed by atoms with E-state index in [1.54, 1.807) is 32.6 Å². The third-order valence-electron chi connectivity index (χ3n) is 11.9. The summed E-state index contributed by atoms with van der Waals surface area (Å²) in [6.45, 7) is 12.2. The van der Waals surface area contributed by atoms with Crippen molar-refractivity contribution in [2.45, 2.75) is 41.5 Å². The van der Waals surface area contributed by atoms with Crippen molar-refractivity contribution < 1.29 is 0 Å². The molecule has 0 atom stereocenters. The molecule has 12 rings (SSSR count). The Bertz CT molecular complexity index is 3580. The number of hydrogen-bond acceptors (Lipinski definition) is 6. The smallest absolute Gasteiger partial charge is 0.280 e. The van der Waals surface area contributed by atoms with E-state index in [0.717, 1.165) is 99.7 Å². The first-order chi connectivity index (χ1) is 31.9. The summed E-state index contributed by atoms with van der Waals surface area (Å²) in [6, 6.07) is 41.8. The number of fused-ring (bicyclic) bond motifs is 9. The van der Waals surface area contributed by atoms with Gasteiger partial charge in [0.1, 0.15) is 0 Å². The van der Waals surface area contributed by atoms with Crippen molar-refractivity contribution in [1.82, 2.24) is 44.3 Å². The molecular formula is C54H45N9O3. The van der Waals surface area contributed by atoms with Crippen molar-refractivity contribution in [3.63, 3.8) is 0 Å². The molecule has 6 aromatic carbocycles. The number of nitrogens with zero attached hydrogens (tertiary/aromatic N) is 6. The van der Waals surface area contributed by atoms with Gasteiger partial charge in [-0.15, -0.1) is 0 Å². The van der Waals surface area contributed by atoms with Gasteiger partial charge in [-0.05, 0) is 113 Å². The lowest BCUT2D eigenvalue weighted by Gasteiger charge is -2.02. The van der Waals surface area contributed by atoms with Crippen LogP contribution in [0.3, 0.4) is 0 Å². The number of aryl methyl sites for hydroxylation is 6. The minimum Gasteiger partial charge on any atom is -0.290 e. The molecule has 0 saturated carbocycles.